The van der Waals surface area contributed by atoms with E-state index in [1.54, 1.807) is 24.3 Å². The van der Waals surface area contributed by atoms with Crippen LogP contribution in [-0.4, -0.2) is 26.0 Å². The number of amides is 1. The average molecular weight is 288 g/mol. The van der Waals surface area contributed by atoms with Crippen molar-refractivity contribution in [1.29, 1.82) is 0 Å². The lowest BCUT2D eigenvalue weighted by molar-refractivity contribution is -0.112. The van der Waals surface area contributed by atoms with E-state index in [-0.39, 0.29) is 23.0 Å². The van der Waals surface area contributed by atoms with Crippen LogP contribution in [0.1, 0.15) is 11.1 Å². The Kier molecular flexibility index (Phi) is 4.93. The van der Waals surface area contributed by atoms with E-state index < -0.39 is 15.7 Å². The molecule has 1 amide bonds. The zero-order chi connectivity index (χ0) is 13.8. The fraction of sp³-hybridized carbons (Fsp3) is 0.250. The Morgan fingerprint density at radius 2 is 1.83 bits per heavy atom. The van der Waals surface area contributed by atoms with Gasteiger partial charge in [-0.15, -0.1) is 11.6 Å². The summed E-state index contributed by atoms with van der Waals surface area (Å²) in [6.45, 7) is 3.55. The van der Waals surface area contributed by atoms with Crippen LogP contribution >= 0.6 is 11.6 Å². The fourth-order valence-corrected chi connectivity index (χ4v) is 3.17. The predicted octanol–water partition coefficient (Wildman–Crippen LogP) is 1.34. The van der Waals surface area contributed by atoms with E-state index in [0.717, 1.165) is 0 Å². The molecule has 0 fully saturated rings. The van der Waals surface area contributed by atoms with Crippen LogP contribution in [0.25, 0.3) is 5.57 Å². The maximum Gasteiger partial charge on any atom is 0.248 e. The highest BCUT2D eigenvalue weighted by Crippen LogP contribution is 2.14. The van der Waals surface area contributed by atoms with Crippen molar-refractivity contribution in [2.45, 2.75) is 5.75 Å². The molecule has 0 bridgehead atoms. The first-order valence-corrected chi connectivity index (χ1v) is 7.56. The summed E-state index contributed by atoms with van der Waals surface area (Å²) in [5, 5.41) is 0. The van der Waals surface area contributed by atoms with Gasteiger partial charge >= 0.3 is 0 Å². The van der Waals surface area contributed by atoms with Crippen LogP contribution in [0.15, 0.2) is 30.8 Å². The minimum atomic E-state index is -3.18. The van der Waals surface area contributed by atoms with Gasteiger partial charge in [0, 0.05) is 11.5 Å². The molecule has 2 N–H and O–H groups in total. The van der Waals surface area contributed by atoms with Crippen molar-refractivity contribution >= 4 is 32.9 Å². The van der Waals surface area contributed by atoms with Crippen LogP contribution in [-0.2, 0) is 20.4 Å². The van der Waals surface area contributed by atoms with Crippen LogP contribution in [0, 0.1) is 0 Å². The number of halogens is 1. The third-order valence-electron chi connectivity index (χ3n) is 2.37. The molecule has 0 aliphatic heterocycles. The molecule has 0 saturated carbocycles. The second kappa shape index (κ2) is 6.02. The summed E-state index contributed by atoms with van der Waals surface area (Å²) in [6.07, 6.45) is 0. The Labute approximate surface area is 111 Å². The maximum atomic E-state index is 11.6. The topological polar surface area (TPSA) is 77.2 Å². The van der Waals surface area contributed by atoms with Crippen molar-refractivity contribution in [3.05, 3.63) is 42.0 Å². The SMILES string of the molecule is C=C(C(N)=O)c1ccc(CS(=O)(=O)CCCl)cc1. The Morgan fingerprint density at radius 3 is 2.28 bits per heavy atom. The van der Waals surface area contributed by atoms with Gasteiger partial charge in [-0.25, -0.2) is 8.42 Å². The van der Waals surface area contributed by atoms with Crippen molar-refractivity contribution in [3.63, 3.8) is 0 Å². The molecule has 18 heavy (non-hydrogen) atoms. The largest absolute Gasteiger partial charge is 0.366 e. The number of nitrogens with two attached hydrogens (primary N) is 1. The number of hydrogen-bond donors (Lipinski definition) is 1. The lowest BCUT2D eigenvalue weighted by Gasteiger charge is -2.05. The number of carbonyl (C=O) groups excluding carboxylic acids is 1. The highest BCUT2D eigenvalue weighted by atomic mass is 35.5. The van der Waals surface area contributed by atoms with Gasteiger partial charge in [0.05, 0.1) is 11.5 Å². The van der Waals surface area contributed by atoms with Crippen molar-refractivity contribution in [1.82, 2.24) is 0 Å². The van der Waals surface area contributed by atoms with Gasteiger partial charge in [-0.1, -0.05) is 30.8 Å². The van der Waals surface area contributed by atoms with Crippen LogP contribution < -0.4 is 5.73 Å². The normalized spacial score (nSPS) is 11.2. The van der Waals surface area contributed by atoms with Gasteiger partial charge in [0.1, 0.15) is 0 Å². The highest BCUT2D eigenvalue weighted by molar-refractivity contribution is 7.90. The van der Waals surface area contributed by atoms with Crippen LogP contribution in [0.3, 0.4) is 0 Å². The monoisotopic (exact) mass is 287 g/mol. The van der Waals surface area contributed by atoms with E-state index in [9.17, 15) is 13.2 Å². The smallest absolute Gasteiger partial charge is 0.248 e. The molecule has 0 aliphatic rings. The molecule has 1 rings (SSSR count). The van der Waals surface area contributed by atoms with E-state index in [1.165, 1.54) is 0 Å². The standard InChI is InChI=1S/C12H14ClNO3S/c1-9(12(14)15)11-4-2-10(3-5-11)8-18(16,17)7-6-13/h2-5H,1,6-8H2,(H2,14,15). The number of alkyl halides is 1. The number of rotatable bonds is 6. The van der Waals surface area contributed by atoms with Gasteiger partial charge in [-0.3, -0.25) is 4.79 Å². The van der Waals surface area contributed by atoms with Gasteiger partial charge < -0.3 is 5.73 Å². The van der Waals surface area contributed by atoms with Gasteiger partial charge in [-0.2, -0.15) is 0 Å². The molecule has 0 spiro atoms. The van der Waals surface area contributed by atoms with E-state index in [1.807, 2.05) is 0 Å². The second-order valence-corrected chi connectivity index (χ2v) is 6.38. The van der Waals surface area contributed by atoms with Crippen molar-refractivity contribution in [3.8, 4) is 0 Å². The first-order chi connectivity index (χ1) is 8.35. The third kappa shape index (κ3) is 4.16. The predicted molar refractivity (Wildman–Crippen MR) is 72.9 cm³/mol. The highest BCUT2D eigenvalue weighted by Gasteiger charge is 2.11. The Morgan fingerprint density at radius 1 is 1.28 bits per heavy atom. The minimum absolute atomic E-state index is 0.0513. The molecule has 0 atom stereocenters. The van der Waals surface area contributed by atoms with Crippen LogP contribution in [0.2, 0.25) is 0 Å². The van der Waals surface area contributed by atoms with Crippen molar-refractivity contribution in [2.24, 2.45) is 5.73 Å². The quantitative estimate of drug-likeness (QED) is 0.633. The van der Waals surface area contributed by atoms with Gasteiger partial charge in [0.15, 0.2) is 9.84 Å². The summed E-state index contributed by atoms with van der Waals surface area (Å²) in [6, 6.07) is 6.52. The van der Waals surface area contributed by atoms with E-state index in [0.29, 0.717) is 11.1 Å². The zero-order valence-electron chi connectivity index (χ0n) is 9.73. The average Bonchev–Trinajstić information content (AvgIpc) is 2.28. The molecule has 0 radical (unpaired) electrons. The van der Waals surface area contributed by atoms with Crippen molar-refractivity contribution in [2.75, 3.05) is 11.6 Å². The summed E-state index contributed by atoms with van der Waals surface area (Å²) in [4.78, 5) is 10.9. The number of carbonyl (C=O) groups is 1. The van der Waals surface area contributed by atoms with Crippen LogP contribution in [0.5, 0.6) is 0 Å². The molecule has 0 saturated heterocycles. The summed E-state index contributed by atoms with van der Waals surface area (Å²) in [5.74, 6) is -0.635. The molecule has 0 unspecified atom stereocenters. The number of primary amides is 1. The molecule has 6 heteroatoms. The Balaban J connectivity index is 2.84. The lowest BCUT2D eigenvalue weighted by Crippen LogP contribution is -2.12. The Bertz CT molecular complexity index is 549. The third-order valence-corrected chi connectivity index (χ3v) is 4.39. The molecule has 0 heterocycles. The molecule has 1 aromatic rings. The maximum absolute atomic E-state index is 11.6. The van der Waals surface area contributed by atoms with Crippen LogP contribution in [0.4, 0.5) is 0 Å². The summed E-state index contributed by atoms with van der Waals surface area (Å²) >= 11 is 5.41. The van der Waals surface area contributed by atoms with Gasteiger partial charge in [-0.05, 0) is 11.1 Å². The van der Waals surface area contributed by atoms with E-state index in [4.69, 9.17) is 17.3 Å². The van der Waals surface area contributed by atoms with E-state index in [2.05, 4.69) is 6.58 Å². The summed E-state index contributed by atoms with van der Waals surface area (Å²) < 4.78 is 23.1. The molecule has 0 aliphatic carbocycles. The van der Waals surface area contributed by atoms with E-state index >= 15 is 0 Å². The molecule has 98 valence electrons. The lowest BCUT2D eigenvalue weighted by atomic mass is 10.1. The first-order valence-electron chi connectivity index (χ1n) is 5.20. The first kappa shape index (κ1) is 14.7. The summed E-state index contributed by atoms with van der Waals surface area (Å²) in [7, 11) is -3.18. The van der Waals surface area contributed by atoms with Gasteiger partial charge in [0.2, 0.25) is 5.91 Å². The minimum Gasteiger partial charge on any atom is -0.366 e. The molecule has 4 nitrogen and oxygen atoms in total. The van der Waals surface area contributed by atoms with Crippen molar-refractivity contribution < 1.29 is 13.2 Å². The fourth-order valence-electron chi connectivity index (χ4n) is 1.39. The Hall–Kier alpha value is -1.33. The number of sulfone groups is 1. The summed E-state index contributed by atoms with van der Waals surface area (Å²) in [5.41, 5.74) is 6.52. The molecular weight excluding hydrogens is 274 g/mol. The molecule has 1 aromatic carbocycles. The number of hydrogen-bond acceptors (Lipinski definition) is 3. The second-order valence-electron chi connectivity index (χ2n) is 3.82. The number of benzene rings is 1. The molecular formula is C12H14ClNO3S. The zero-order valence-corrected chi connectivity index (χ0v) is 11.3. The molecule has 0 aromatic heterocycles. The van der Waals surface area contributed by atoms with Gasteiger partial charge in [0.25, 0.3) is 0 Å².